The highest BCUT2D eigenvalue weighted by molar-refractivity contribution is 7.94. The molecule has 0 aliphatic carbocycles. The summed E-state index contributed by atoms with van der Waals surface area (Å²) in [5, 5.41) is 1.10. The van der Waals surface area contributed by atoms with E-state index in [1.165, 1.54) is 18.5 Å². The van der Waals surface area contributed by atoms with Crippen LogP contribution in [0.25, 0.3) is 0 Å². The van der Waals surface area contributed by atoms with Gasteiger partial charge in [0.15, 0.2) is 4.21 Å². The van der Waals surface area contributed by atoms with Gasteiger partial charge in [0.25, 0.3) is 10.0 Å². The Morgan fingerprint density at radius 1 is 1.41 bits per heavy atom. The predicted octanol–water partition coefficient (Wildman–Crippen LogP) is 2.30. The summed E-state index contributed by atoms with van der Waals surface area (Å²) in [6.45, 7) is 1.74. The predicted molar refractivity (Wildman–Crippen MR) is 66.9 cm³/mol. The van der Waals surface area contributed by atoms with Crippen LogP contribution in [0.5, 0.6) is 0 Å². The third-order valence-corrected chi connectivity index (χ3v) is 4.79. The first kappa shape index (κ1) is 12.3. The molecule has 0 aliphatic rings. The molecule has 5 nitrogen and oxygen atoms in total. The summed E-state index contributed by atoms with van der Waals surface area (Å²) >= 11 is 6.84. The molecule has 0 saturated heterocycles. The van der Waals surface area contributed by atoms with E-state index in [2.05, 4.69) is 14.7 Å². The van der Waals surface area contributed by atoms with E-state index in [1.54, 1.807) is 13.0 Å². The largest absolute Gasteiger partial charge is 0.274 e. The summed E-state index contributed by atoms with van der Waals surface area (Å²) in [5.41, 5.74) is 0. The van der Waals surface area contributed by atoms with Crippen LogP contribution >= 0.6 is 22.9 Å². The molecule has 2 aromatic rings. The van der Waals surface area contributed by atoms with Crippen LogP contribution in [-0.4, -0.2) is 18.4 Å². The quantitative estimate of drug-likeness (QED) is 0.941. The number of pyridine rings is 1. The van der Waals surface area contributed by atoms with E-state index in [0.717, 1.165) is 11.3 Å². The average molecular weight is 290 g/mol. The lowest BCUT2D eigenvalue weighted by molar-refractivity contribution is 0.603. The second-order valence-corrected chi connectivity index (χ2v) is 6.74. The van der Waals surface area contributed by atoms with Crippen LogP contribution in [0.4, 0.5) is 5.82 Å². The Labute approximate surface area is 108 Å². The molecule has 0 saturated carbocycles. The highest BCUT2D eigenvalue weighted by atomic mass is 35.5. The van der Waals surface area contributed by atoms with E-state index in [-0.39, 0.29) is 10.0 Å². The van der Waals surface area contributed by atoms with E-state index in [4.69, 9.17) is 11.6 Å². The highest BCUT2D eigenvalue weighted by Crippen LogP contribution is 2.21. The first-order valence-electron chi connectivity index (χ1n) is 4.54. The van der Waals surface area contributed by atoms with Crippen LogP contribution in [0.15, 0.2) is 28.7 Å². The van der Waals surface area contributed by atoms with Crippen molar-refractivity contribution >= 4 is 38.8 Å². The molecular weight excluding hydrogens is 282 g/mol. The van der Waals surface area contributed by atoms with Crippen LogP contribution in [0, 0.1) is 6.92 Å². The van der Waals surface area contributed by atoms with Crippen LogP contribution in [-0.2, 0) is 10.0 Å². The monoisotopic (exact) mass is 289 g/mol. The summed E-state index contributed by atoms with van der Waals surface area (Å²) in [6, 6.07) is 3.00. The first-order chi connectivity index (χ1) is 7.97. The molecule has 0 radical (unpaired) electrons. The number of nitrogens with zero attached hydrogens (tertiary/aromatic N) is 2. The number of sulfonamides is 1. The Bertz CT molecular complexity index is 639. The van der Waals surface area contributed by atoms with E-state index in [1.807, 2.05) is 0 Å². The van der Waals surface area contributed by atoms with Gasteiger partial charge in [-0.05, 0) is 13.0 Å². The highest BCUT2D eigenvalue weighted by Gasteiger charge is 2.17. The van der Waals surface area contributed by atoms with Crippen LogP contribution in [0.1, 0.15) is 5.01 Å². The van der Waals surface area contributed by atoms with Gasteiger partial charge in [-0.15, -0.1) is 11.3 Å². The second kappa shape index (κ2) is 4.59. The maximum Gasteiger partial charge on any atom is 0.274 e. The molecule has 2 rings (SSSR count). The number of halogens is 1. The van der Waals surface area contributed by atoms with Crippen LogP contribution < -0.4 is 4.72 Å². The topological polar surface area (TPSA) is 72.0 Å². The van der Waals surface area contributed by atoms with E-state index < -0.39 is 10.0 Å². The van der Waals surface area contributed by atoms with Crippen molar-refractivity contribution in [2.75, 3.05) is 4.72 Å². The summed E-state index contributed by atoms with van der Waals surface area (Å²) in [6.07, 6.45) is 2.74. The van der Waals surface area contributed by atoms with Crippen LogP contribution in [0.3, 0.4) is 0 Å². The fourth-order valence-electron chi connectivity index (χ4n) is 1.11. The molecule has 0 bridgehead atoms. The number of hydrogen-bond acceptors (Lipinski definition) is 5. The van der Waals surface area contributed by atoms with Crippen molar-refractivity contribution < 1.29 is 8.42 Å². The minimum absolute atomic E-state index is 0.150. The molecule has 0 amide bonds. The number of thiazole rings is 1. The van der Waals surface area contributed by atoms with Crippen LogP contribution in [0.2, 0.25) is 5.02 Å². The van der Waals surface area contributed by atoms with Gasteiger partial charge in [0.2, 0.25) is 0 Å². The lowest BCUT2D eigenvalue weighted by Crippen LogP contribution is -2.12. The van der Waals surface area contributed by atoms with E-state index in [9.17, 15) is 8.42 Å². The maximum absolute atomic E-state index is 11.9. The Kier molecular flexibility index (Phi) is 3.32. The molecule has 2 aromatic heterocycles. The first-order valence-corrected chi connectivity index (χ1v) is 7.22. The molecule has 90 valence electrons. The Morgan fingerprint density at radius 3 is 2.76 bits per heavy atom. The molecule has 0 unspecified atom stereocenters. The zero-order valence-corrected chi connectivity index (χ0v) is 11.1. The molecule has 0 aromatic carbocycles. The Morgan fingerprint density at radius 2 is 2.18 bits per heavy atom. The van der Waals surface area contributed by atoms with Gasteiger partial charge in [0.05, 0.1) is 11.2 Å². The number of rotatable bonds is 3. The third-order valence-electron chi connectivity index (χ3n) is 1.83. The average Bonchev–Trinajstić information content (AvgIpc) is 2.65. The molecule has 8 heteroatoms. The summed E-state index contributed by atoms with van der Waals surface area (Å²) < 4.78 is 26.3. The van der Waals surface area contributed by atoms with Gasteiger partial charge in [-0.2, -0.15) is 0 Å². The molecule has 1 N–H and O–H groups in total. The van der Waals surface area contributed by atoms with Gasteiger partial charge in [-0.25, -0.2) is 18.4 Å². The number of aryl methyl sites for hydroxylation is 1. The minimum atomic E-state index is -3.62. The number of anilines is 1. The van der Waals surface area contributed by atoms with Crippen molar-refractivity contribution in [2.45, 2.75) is 11.1 Å². The van der Waals surface area contributed by atoms with Gasteiger partial charge in [-0.1, -0.05) is 11.6 Å². The van der Waals surface area contributed by atoms with Crippen molar-refractivity contribution in [1.29, 1.82) is 0 Å². The molecule has 0 aliphatic heterocycles. The Hall–Kier alpha value is -1.18. The molecule has 0 spiro atoms. The number of hydrogen-bond donors (Lipinski definition) is 1. The molecule has 0 fully saturated rings. The fraction of sp³-hybridized carbons (Fsp3) is 0.111. The zero-order valence-electron chi connectivity index (χ0n) is 8.71. The van der Waals surface area contributed by atoms with Gasteiger partial charge in [-0.3, -0.25) is 4.72 Å². The van der Waals surface area contributed by atoms with E-state index in [0.29, 0.717) is 10.0 Å². The van der Waals surface area contributed by atoms with Crippen molar-refractivity contribution in [3.8, 4) is 0 Å². The number of aromatic nitrogens is 2. The summed E-state index contributed by atoms with van der Waals surface area (Å²) in [7, 11) is -3.62. The van der Waals surface area contributed by atoms with Gasteiger partial charge in [0, 0.05) is 17.3 Å². The van der Waals surface area contributed by atoms with Gasteiger partial charge < -0.3 is 0 Å². The normalized spacial score (nSPS) is 11.4. The molecule has 0 atom stereocenters. The van der Waals surface area contributed by atoms with Crippen molar-refractivity contribution in [2.24, 2.45) is 0 Å². The molecule has 2 heterocycles. The van der Waals surface area contributed by atoms with Crippen molar-refractivity contribution in [3.05, 3.63) is 34.6 Å². The summed E-state index contributed by atoms with van der Waals surface area (Å²) in [4.78, 5) is 7.76. The van der Waals surface area contributed by atoms with Crippen molar-refractivity contribution in [3.63, 3.8) is 0 Å². The maximum atomic E-state index is 11.9. The standard InChI is InChI=1S/C9H8ClN3O2S2/c1-6-12-5-9(16-6)17(14,15)13-8-4-7(10)2-3-11-8/h2-5H,1H3,(H,11,13). The van der Waals surface area contributed by atoms with Crippen molar-refractivity contribution in [1.82, 2.24) is 9.97 Å². The Balaban J connectivity index is 2.29. The lowest BCUT2D eigenvalue weighted by atomic mass is 10.5. The zero-order chi connectivity index (χ0) is 12.5. The third kappa shape index (κ3) is 2.93. The SMILES string of the molecule is Cc1ncc(S(=O)(=O)Nc2cc(Cl)ccn2)s1. The lowest BCUT2D eigenvalue weighted by Gasteiger charge is -2.04. The van der Waals surface area contributed by atoms with Gasteiger partial charge >= 0.3 is 0 Å². The molecule has 17 heavy (non-hydrogen) atoms. The molecular formula is C9H8ClN3O2S2. The minimum Gasteiger partial charge on any atom is -0.263 e. The van der Waals surface area contributed by atoms with E-state index >= 15 is 0 Å². The number of nitrogens with one attached hydrogen (secondary N) is 1. The summed E-state index contributed by atoms with van der Waals surface area (Å²) in [5.74, 6) is 0.184. The van der Waals surface area contributed by atoms with Gasteiger partial charge in [0.1, 0.15) is 5.82 Å². The fourth-order valence-corrected chi connectivity index (χ4v) is 3.38. The smallest absolute Gasteiger partial charge is 0.263 e. The second-order valence-electron chi connectivity index (χ2n) is 3.16.